The predicted molar refractivity (Wildman–Crippen MR) is 72.4 cm³/mol. The summed E-state index contributed by atoms with van der Waals surface area (Å²) in [6.45, 7) is 1.14. The molecular weight excluding hydrogens is 272 g/mol. The average Bonchev–Trinajstić information content (AvgIpc) is 2.14. The number of nitrogen functional groups attached to an aromatic ring is 1. The molecule has 0 fully saturated rings. The van der Waals surface area contributed by atoms with Crippen LogP contribution in [0.25, 0.3) is 0 Å². The van der Waals surface area contributed by atoms with E-state index >= 15 is 0 Å². The lowest BCUT2D eigenvalue weighted by Crippen LogP contribution is -2.13. The largest absolute Gasteiger partial charge is 0.399 e. The molecule has 1 aromatic carbocycles. The first kappa shape index (κ1) is 12.9. The zero-order valence-electron chi connectivity index (χ0n) is 9.16. The van der Waals surface area contributed by atoms with E-state index in [1.54, 1.807) is 0 Å². The van der Waals surface area contributed by atoms with Crippen LogP contribution in [0.15, 0.2) is 27.6 Å². The van der Waals surface area contributed by atoms with E-state index in [1.807, 2.05) is 23.9 Å². The van der Waals surface area contributed by atoms with Gasteiger partial charge in [-0.25, -0.2) is 0 Å². The second-order valence-electron chi connectivity index (χ2n) is 3.70. The highest BCUT2D eigenvalue weighted by Crippen LogP contribution is 2.29. The van der Waals surface area contributed by atoms with E-state index in [9.17, 15) is 0 Å². The first-order chi connectivity index (χ1) is 7.09. The molecule has 0 heterocycles. The summed E-state index contributed by atoms with van der Waals surface area (Å²) >= 11 is 5.39. The molecule has 0 saturated carbocycles. The van der Waals surface area contributed by atoms with Gasteiger partial charge in [0.05, 0.1) is 0 Å². The van der Waals surface area contributed by atoms with Crippen molar-refractivity contribution in [3.63, 3.8) is 0 Å². The van der Waals surface area contributed by atoms with Crippen LogP contribution in [-0.2, 0) is 0 Å². The van der Waals surface area contributed by atoms with Crippen molar-refractivity contribution >= 4 is 33.4 Å². The second kappa shape index (κ2) is 6.40. The average molecular weight is 289 g/mol. The van der Waals surface area contributed by atoms with Crippen molar-refractivity contribution in [1.82, 2.24) is 4.90 Å². The molecule has 0 aliphatic rings. The summed E-state index contributed by atoms with van der Waals surface area (Å²) in [4.78, 5) is 3.47. The Hall–Kier alpha value is -0.190. The number of nitrogens with two attached hydrogens (primary N) is 1. The number of benzene rings is 1. The van der Waals surface area contributed by atoms with Gasteiger partial charge in [0.15, 0.2) is 0 Å². The predicted octanol–water partition coefficient (Wildman–Crippen LogP) is 3.08. The first-order valence-electron chi connectivity index (χ1n) is 4.92. The third-order valence-electron chi connectivity index (χ3n) is 1.96. The molecule has 0 aromatic heterocycles. The molecule has 0 saturated heterocycles. The molecule has 0 atom stereocenters. The van der Waals surface area contributed by atoms with Crippen molar-refractivity contribution < 1.29 is 0 Å². The fourth-order valence-electron chi connectivity index (χ4n) is 1.20. The van der Waals surface area contributed by atoms with Gasteiger partial charge in [-0.3, -0.25) is 0 Å². The zero-order chi connectivity index (χ0) is 11.3. The summed E-state index contributed by atoms with van der Waals surface area (Å²) in [5.74, 6) is 1.14. The van der Waals surface area contributed by atoms with Crippen LogP contribution in [0.1, 0.15) is 6.42 Å². The third kappa shape index (κ3) is 4.91. The lowest BCUT2D eigenvalue weighted by molar-refractivity contribution is 0.410. The maximum Gasteiger partial charge on any atom is 0.0331 e. The van der Waals surface area contributed by atoms with Gasteiger partial charge in [0, 0.05) is 15.1 Å². The summed E-state index contributed by atoms with van der Waals surface area (Å²) in [7, 11) is 4.20. The van der Waals surface area contributed by atoms with Gasteiger partial charge in [-0.1, -0.05) is 0 Å². The number of hydrogen-bond acceptors (Lipinski definition) is 3. The minimum atomic E-state index is 0.805. The van der Waals surface area contributed by atoms with Crippen LogP contribution < -0.4 is 5.73 Å². The molecule has 15 heavy (non-hydrogen) atoms. The SMILES string of the molecule is CN(C)CCCSc1ccc(N)cc1Br. The number of anilines is 1. The van der Waals surface area contributed by atoms with Crippen LogP contribution in [0.4, 0.5) is 5.69 Å². The van der Waals surface area contributed by atoms with Crippen molar-refractivity contribution in [1.29, 1.82) is 0 Å². The molecule has 0 amide bonds. The molecule has 0 spiro atoms. The van der Waals surface area contributed by atoms with Crippen LogP contribution in [0.3, 0.4) is 0 Å². The Morgan fingerprint density at radius 2 is 2.13 bits per heavy atom. The van der Waals surface area contributed by atoms with E-state index in [1.165, 1.54) is 11.3 Å². The van der Waals surface area contributed by atoms with Crippen molar-refractivity contribution in [2.24, 2.45) is 0 Å². The van der Waals surface area contributed by atoms with Crippen LogP contribution in [0.2, 0.25) is 0 Å². The molecule has 1 aromatic rings. The topological polar surface area (TPSA) is 29.3 Å². The lowest BCUT2D eigenvalue weighted by Gasteiger charge is -2.09. The van der Waals surface area contributed by atoms with E-state index in [-0.39, 0.29) is 0 Å². The maximum atomic E-state index is 5.68. The molecule has 0 aliphatic carbocycles. The Bertz CT molecular complexity index is 315. The smallest absolute Gasteiger partial charge is 0.0331 e. The fourth-order valence-corrected chi connectivity index (χ4v) is 2.79. The highest BCUT2D eigenvalue weighted by Gasteiger charge is 2.00. The maximum absolute atomic E-state index is 5.68. The Kier molecular flexibility index (Phi) is 5.50. The van der Waals surface area contributed by atoms with E-state index in [2.05, 4.69) is 41.0 Å². The van der Waals surface area contributed by atoms with Crippen LogP contribution >= 0.6 is 27.7 Å². The van der Waals surface area contributed by atoms with Gasteiger partial charge in [-0.15, -0.1) is 11.8 Å². The molecule has 1 rings (SSSR count). The van der Waals surface area contributed by atoms with E-state index in [0.29, 0.717) is 0 Å². The summed E-state index contributed by atoms with van der Waals surface area (Å²) in [6, 6.07) is 5.97. The van der Waals surface area contributed by atoms with E-state index in [0.717, 1.165) is 22.5 Å². The number of thioether (sulfide) groups is 1. The lowest BCUT2D eigenvalue weighted by atomic mass is 10.3. The van der Waals surface area contributed by atoms with Gasteiger partial charge in [-0.05, 0) is 66.9 Å². The molecule has 0 unspecified atom stereocenters. The summed E-state index contributed by atoms with van der Waals surface area (Å²) in [5, 5.41) is 0. The van der Waals surface area contributed by atoms with Gasteiger partial charge < -0.3 is 10.6 Å². The number of hydrogen-bond donors (Lipinski definition) is 1. The van der Waals surface area contributed by atoms with Gasteiger partial charge >= 0.3 is 0 Å². The Labute approximate surface area is 104 Å². The van der Waals surface area contributed by atoms with Crippen LogP contribution in [0.5, 0.6) is 0 Å². The highest BCUT2D eigenvalue weighted by molar-refractivity contribution is 9.10. The number of nitrogens with zero attached hydrogens (tertiary/aromatic N) is 1. The fraction of sp³-hybridized carbons (Fsp3) is 0.455. The Balaban J connectivity index is 2.37. The highest BCUT2D eigenvalue weighted by atomic mass is 79.9. The minimum Gasteiger partial charge on any atom is -0.399 e. The summed E-state index contributed by atoms with van der Waals surface area (Å²) < 4.78 is 1.09. The van der Waals surface area contributed by atoms with Gasteiger partial charge in [0.2, 0.25) is 0 Å². The molecule has 2 nitrogen and oxygen atoms in total. The van der Waals surface area contributed by atoms with Crippen molar-refractivity contribution in [2.75, 3.05) is 32.1 Å². The molecular formula is C11H17BrN2S. The number of rotatable bonds is 5. The van der Waals surface area contributed by atoms with Gasteiger partial charge in [-0.2, -0.15) is 0 Å². The summed E-state index contributed by atoms with van der Waals surface area (Å²) in [6.07, 6.45) is 1.20. The van der Waals surface area contributed by atoms with Crippen LogP contribution in [0, 0.1) is 0 Å². The van der Waals surface area contributed by atoms with Crippen LogP contribution in [-0.4, -0.2) is 31.3 Å². The van der Waals surface area contributed by atoms with E-state index in [4.69, 9.17) is 5.73 Å². The summed E-state index contributed by atoms with van der Waals surface area (Å²) in [5.41, 5.74) is 6.48. The standard InChI is InChI=1S/C11H17BrN2S/c1-14(2)6-3-7-15-11-5-4-9(13)8-10(11)12/h4-5,8H,3,6-7,13H2,1-2H3. The monoisotopic (exact) mass is 288 g/mol. The van der Waals surface area contributed by atoms with Gasteiger partial charge in [0.1, 0.15) is 0 Å². The molecule has 4 heteroatoms. The molecule has 84 valence electrons. The van der Waals surface area contributed by atoms with Crippen molar-refractivity contribution in [3.8, 4) is 0 Å². The molecule has 0 aliphatic heterocycles. The van der Waals surface area contributed by atoms with Gasteiger partial charge in [0.25, 0.3) is 0 Å². The second-order valence-corrected chi connectivity index (χ2v) is 5.69. The Morgan fingerprint density at radius 1 is 1.40 bits per heavy atom. The van der Waals surface area contributed by atoms with Crippen molar-refractivity contribution in [3.05, 3.63) is 22.7 Å². The minimum absolute atomic E-state index is 0.805. The Morgan fingerprint density at radius 3 is 2.73 bits per heavy atom. The zero-order valence-corrected chi connectivity index (χ0v) is 11.6. The van der Waals surface area contributed by atoms with E-state index < -0.39 is 0 Å². The molecule has 0 radical (unpaired) electrons. The normalized spacial score (nSPS) is 10.9. The van der Waals surface area contributed by atoms with Crippen molar-refractivity contribution in [2.45, 2.75) is 11.3 Å². The molecule has 0 bridgehead atoms. The molecule has 2 N–H and O–H groups in total. The first-order valence-corrected chi connectivity index (χ1v) is 6.70. The third-order valence-corrected chi connectivity index (χ3v) is 4.04. The quantitative estimate of drug-likeness (QED) is 0.513. The number of halogens is 1.